The Bertz CT molecular complexity index is 411. The van der Waals surface area contributed by atoms with Crippen molar-refractivity contribution in [1.82, 2.24) is 0 Å². The van der Waals surface area contributed by atoms with E-state index in [1.807, 2.05) is 18.2 Å². The van der Waals surface area contributed by atoms with Gasteiger partial charge in [0.15, 0.2) is 0 Å². The minimum atomic E-state index is 0.0855. The highest BCUT2D eigenvalue weighted by atomic mass is 35.5. The van der Waals surface area contributed by atoms with Crippen molar-refractivity contribution in [3.63, 3.8) is 0 Å². The van der Waals surface area contributed by atoms with Crippen LogP contribution in [0.4, 0.5) is 0 Å². The maximum atomic E-state index is 6.27. The second kappa shape index (κ2) is 5.91. The molecule has 1 aromatic rings. The molecule has 2 rings (SSSR count). The SMILES string of the molecule is COc1ccc(Cl)cc1CC(N)C1COC(C)C1. The lowest BCUT2D eigenvalue weighted by Crippen LogP contribution is -2.32. The zero-order chi connectivity index (χ0) is 13.1. The monoisotopic (exact) mass is 269 g/mol. The minimum absolute atomic E-state index is 0.0855. The summed E-state index contributed by atoms with van der Waals surface area (Å²) >= 11 is 6.02. The number of ether oxygens (including phenoxy) is 2. The molecule has 3 atom stereocenters. The summed E-state index contributed by atoms with van der Waals surface area (Å²) < 4.78 is 10.9. The van der Waals surface area contributed by atoms with Crippen LogP contribution in [-0.4, -0.2) is 25.9 Å². The fourth-order valence-corrected chi connectivity index (χ4v) is 2.67. The molecular formula is C14H20ClNO2. The van der Waals surface area contributed by atoms with Crippen LogP contribution < -0.4 is 10.5 Å². The third-order valence-corrected chi connectivity index (χ3v) is 3.77. The molecule has 1 fully saturated rings. The van der Waals surface area contributed by atoms with E-state index in [9.17, 15) is 0 Å². The predicted octanol–water partition coefficient (Wildman–Crippen LogP) is 2.64. The van der Waals surface area contributed by atoms with Crippen molar-refractivity contribution in [2.24, 2.45) is 11.7 Å². The molecule has 1 aromatic carbocycles. The quantitative estimate of drug-likeness (QED) is 0.914. The Labute approximate surface area is 113 Å². The van der Waals surface area contributed by atoms with Crippen LogP contribution in [0, 0.1) is 5.92 Å². The Hall–Kier alpha value is -0.770. The number of methoxy groups -OCH3 is 1. The van der Waals surface area contributed by atoms with Crippen LogP contribution in [0.25, 0.3) is 0 Å². The highest BCUT2D eigenvalue weighted by Gasteiger charge is 2.27. The summed E-state index contributed by atoms with van der Waals surface area (Å²) in [5.41, 5.74) is 7.33. The lowest BCUT2D eigenvalue weighted by Gasteiger charge is -2.19. The van der Waals surface area contributed by atoms with Gasteiger partial charge in [0.25, 0.3) is 0 Å². The van der Waals surface area contributed by atoms with Gasteiger partial charge in [-0.25, -0.2) is 0 Å². The summed E-state index contributed by atoms with van der Waals surface area (Å²) in [6, 6.07) is 5.73. The number of hydrogen-bond acceptors (Lipinski definition) is 3. The lowest BCUT2D eigenvalue weighted by atomic mass is 9.92. The van der Waals surface area contributed by atoms with Crippen molar-refractivity contribution in [3.05, 3.63) is 28.8 Å². The molecule has 1 saturated heterocycles. The van der Waals surface area contributed by atoms with E-state index in [0.717, 1.165) is 30.8 Å². The summed E-state index contributed by atoms with van der Waals surface area (Å²) in [6.45, 7) is 2.85. The summed E-state index contributed by atoms with van der Waals surface area (Å²) in [7, 11) is 1.67. The Morgan fingerprint density at radius 3 is 2.94 bits per heavy atom. The third kappa shape index (κ3) is 3.16. The summed E-state index contributed by atoms with van der Waals surface area (Å²) in [4.78, 5) is 0. The third-order valence-electron chi connectivity index (χ3n) is 3.53. The molecule has 0 aromatic heterocycles. The first-order valence-corrected chi connectivity index (χ1v) is 6.67. The molecule has 18 heavy (non-hydrogen) atoms. The molecule has 100 valence electrons. The maximum absolute atomic E-state index is 6.27. The van der Waals surface area contributed by atoms with Crippen molar-refractivity contribution < 1.29 is 9.47 Å². The van der Waals surface area contributed by atoms with Crippen LogP contribution in [0.1, 0.15) is 18.9 Å². The Balaban J connectivity index is 2.06. The fraction of sp³-hybridized carbons (Fsp3) is 0.571. The van der Waals surface area contributed by atoms with Gasteiger partial charge in [-0.2, -0.15) is 0 Å². The van der Waals surface area contributed by atoms with Gasteiger partial charge in [0.05, 0.1) is 19.8 Å². The molecule has 0 saturated carbocycles. The molecule has 0 radical (unpaired) electrons. The first-order valence-electron chi connectivity index (χ1n) is 6.29. The number of benzene rings is 1. The number of nitrogens with two attached hydrogens (primary N) is 1. The highest BCUT2D eigenvalue weighted by molar-refractivity contribution is 6.30. The average molecular weight is 270 g/mol. The lowest BCUT2D eigenvalue weighted by molar-refractivity contribution is 0.118. The van der Waals surface area contributed by atoms with Gasteiger partial charge in [-0.1, -0.05) is 11.6 Å². The zero-order valence-corrected chi connectivity index (χ0v) is 11.6. The van der Waals surface area contributed by atoms with Crippen LogP contribution >= 0.6 is 11.6 Å². The molecule has 0 amide bonds. The van der Waals surface area contributed by atoms with Gasteiger partial charge in [0.1, 0.15) is 5.75 Å². The molecule has 1 aliphatic heterocycles. The van der Waals surface area contributed by atoms with Gasteiger partial charge >= 0.3 is 0 Å². The minimum Gasteiger partial charge on any atom is -0.496 e. The molecule has 0 bridgehead atoms. The van der Waals surface area contributed by atoms with E-state index in [-0.39, 0.29) is 6.04 Å². The Kier molecular flexibility index (Phi) is 4.49. The Morgan fingerprint density at radius 2 is 2.33 bits per heavy atom. The molecular weight excluding hydrogens is 250 g/mol. The van der Waals surface area contributed by atoms with Crippen LogP contribution in [0.2, 0.25) is 5.02 Å². The first-order chi connectivity index (χ1) is 8.60. The molecule has 1 heterocycles. The molecule has 4 heteroatoms. The molecule has 1 aliphatic rings. The number of rotatable bonds is 4. The van der Waals surface area contributed by atoms with Crippen LogP contribution in [0.15, 0.2) is 18.2 Å². The normalized spacial score (nSPS) is 25.1. The topological polar surface area (TPSA) is 44.5 Å². The van der Waals surface area contributed by atoms with Crippen molar-refractivity contribution in [2.45, 2.75) is 31.9 Å². The van der Waals surface area contributed by atoms with E-state index >= 15 is 0 Å². The van der Waals surface area contributed by atoms with Gasteiger partial charge in [-0.15, -0.1) is 0 Å². The van der Waals surface area contributed by atoms with E-state index in [4.69, 9.17) is 26.8 Å². The van der Waals surface area contributed by atoms with Crippen molar-refractivity contribution >= 4 is 11.6 Å². The Morgan fingerprint density at radius 1 is 1.56 bits per heavy atom. The summed E-state index contributed by atoms with van der Waals surface area (Å²) in [6.07, 6.45) is 2.12. The number of halogens is 1. The van der Waals surface area contributed by atoms with E-state index < -0.39 is 0 Å². The summed E-state index contributed by atoms with van der Waals surface area (Å²) in [5, 5.41) is 0.717. The second-order valence-corrected chi connectivity index (χ2v) is 5.40. The van der Waals surface area contributed by atoms with Gasteiger partial charge < -0.3 is 15.2 Å². The molecule has 3 nitrogen and oxygen atoms in total. The van der Waals surface area contributed by atoms with Crippen molar-refractivity contribution in [2.75, 3.05) is 13.7 Å². The van der Waals surface area contributed by atoms with Crippen LogP contribution in [-0.2, 0) is 11.2 Å². The van der Waals surface area contributed by atoms with E-state index in [1.165, 1.54) is 0 Å². The average Bonchev–Trinajstić information content (AvgIpc) is 2.76. The van der Waals surface area contributed by atoms with Crippen molar-refractivity contribution in [1.29, 1.82) is 0 Å². The van der Waals surface area contributed by atoms with Crippen LogP contribution in [0.3, 0.4) is 0 Å². The predicted molar refractivity (Wildman–Crippen MR) is 73.2 cm³/mol. The molecule has 2 N–H and O–H groups in total. The largest absolute Gasteiger partial charge is 0.496 e. The maximum Gasteiger partial charge on any atom is 0.122 e. The van der Waals surface area contributed by atoms with Gasteiger partial charge in [0, 0.05) is 17.0 Å². The summed E-state index contributed by atoms with van der Waals surface area (Å²) in [5.74, 6) is 1.27. The second-order valence-electron chi connectivity index (χ2n) is 4.96. The molecule has 0 aliphatic carbocycles. The highest BCUT2D eigenvalue weighted by Crippen LogP contribution is 2.28. The van der Waals surface area contributed by atoms with Gasteiger partial charge in [0.2, 0.25) is 0 Å². The zero-order valence-electron chi connectivity index (χ0n) is 10.9. The van der Waals surface area contributed by atoms with E-state index in [0.29, 0.717) is 17.0 Å². The molecule has 3 unspecified atom stereocenters. The standard InChI is InChI=1S/C14H20ClNO2/c1-9-5-11(8-18-9)13(16)7-10-6-12(15)3-4-14(10)17-2/h3-4,6,9,11,13H,5,7-8,16H2,1-2H3. The smallest absolute Gasteiger partial charge is 0.122 e. The van der Waals surface area contributed by atoms with E-state index in [2.05, 4.69) is 6.92 Å². The number of hydrogen-bond donors (Lipinski definition) is 1. The van der Waals surface area contributed by atoms with Gasteiger partial charge in [-0.05, 0) is 43.5 Å². The first kappa shape index (κ1) is 13.7. The fourth-order valence-electron chi connectivity index (χ4n) is 2.48. The van der Waals surface area contributed by atoms with Gasteiger partial charge in [-0.3, -0.25) is 0 Å². The van der Waals surface area contributed by atoms with Crippen LogP contribution in [0.5, 0.6) is 5.75 Å². The van der Waals surface area contributed by atoms with Crippen molar-refractivity contribution in [3.8, 4) is 5.75 Å². The van der Waals surface area contributed by atoms with E-state index in [1.54, 1.807) is 7.11 Å². The molecule has 0 spiro atoms.